The molecule has 38 heavy (non-hydrogen) atoms. The summed E-state index contributed by atoms with van der Waals surface area (Å²) in [7, 11) is 3.12. The normalized spacial score (nSPS) is 17.3. The summed E-state index contributed by atoms with van der Waals surface area (Å²) in [5, 5.41) is 0. The van der Waals surface area contributed by atoms with Gasteiger partial charge in [-0.1, -0.05) is 23.5 Å². The second kappa shape index (κ2) is 10.9. The Kier molecular flexibility index (Phi) is 7.37. The minimum Gasteiger partial charge on any atom is -0.497 e. The van der Waals surface area contributed by atoms with Gasteiger partial charge in [-0.2, -0.15) is 0 Å². The van der Waals surface area contributed by atoms with Crippen molar-refractivity contribution in [2.75, 3.05) is 38.8 Å². The SMILES string of the molecule is CCOC(=O)C1=C(C)N=c2s/c(=C/c3ccc(N4CCCC4)cc3)c(=O)n2[C@H]1c1ccc(OC)cc1OC. The molecule has 198 valence electrons. The quantitative estimate of drug-likeness (QED) is 0.433. The lowest BCUT2D eigenvalue weighted by molar-refractivity contribution is -0.139. The summed E-state index contributed by atoms with van der Waals surface area (Å²) in [5.74, 6) is 0.593. The van der Waals surface area contributed by atoms with Gasteiger partial charge in [0.05, 0.1) is 36.6 Å². The fraction of sp³-hybridized carbons (Fsp3) is 0.345. The molecule has 0 radical (unpaired) electrons. The Labute approximate surface area is 225 Å². The second-order valence-electron chi connectivity index (χ2n) is 9.20. The van der Waals surface area contributed by atoms with Crippen LogP contribution in [0.3, 0.4) is 0 Å². The molecule has 0 aliphatic carbocycles. The molecule has 2 aromatic carbocycles. The number of thiazole rings is 1. The number of hydrogen-bond donors (Lipinski definition) is 0. The van der Waals surface area contributed by atoms with E-state index < -0.39 is 12.0 Å². The fourth-order valence-corrected chi connectivity index (χ4v) is 6.08. The summed E-state index contributed by atoms with van der Waals surface area (Å²) in [6.07, 6.45) is 4.32. The first-order valence-corrected chi connectivity index (χ1v) is 13.5. The van der Waals surface area contributed by atoms with Gasteiger partial charge < -0.3 is 19.1 Å². The van der Waals surface area contributed by atoms with Gasteiger partial charge in [0.2, 0.25) is 0 Å². The number of nitrogens with zero attached hydrogens (tertiary/aromatic N) is 3. The zero-order valence-corrected chi connectivity index (χ0v) is 22.8. The van der Waals surface area contributed by atoms with Crippen LogP contribution in [0.5, 0.6) is 11.5 Å². The van der Waals surface area contributed by atoms with Crippen LogP contribution in [0.1, 0.15) is 43.9 Å². The maximum atomic E-state index is 13.9. The lowest BCUT2D eigenvalue weighted by atomic mass is 9.95. The van der Waals surface area contributed by atoms with Gasteiger partial charge in [0.25, 0.3) is 5.56 Å². The Bertz CT molecular complexity index is 1560. The molecule has 0 spiro atoms. The number of rotatable bonds is 7. The van der Waals surface area contributed by atoms with Gasteiger partial charge in [-0.15, -0.1) is 0 Å². The number of allylic oxidation sites excluding steroid dienone is 1. The maximum Gasteiger partial charge on any atom is 0.338 e. The van der Waals surface area contributed by atoms with Crippen LogP contribution in [-0.4, -0.2) is 44.5 Å². The summed E-state index contributed by atoms with van der Waals surface area (Å²) < 4.78 is 18.5. The number of ether oxygens (including phenoxy) is 3. The molecule has 8 nitrogen and oxygen atoms in total. The van der Waals surface area contributed by atoms with E-state index in [9.17, 15) is 9.59 Å². The lowest BCUT2D eigenvalue weighted by Gasteiger charge is -2.26. The number of methoxy groups -OCH3 is 2. The molecule has 0 bridgehead atoms. The monoisotopic (exact) mass is 533 g/mol. The number of benzene rings is 2. The molecule has 1 aromatic heterocycles. The number of fused-ring (bicyclic) bond motifs is 1. The average Bonchev–Trinajstić information content (AvgIpc) is 3.57. The van der Waals surface area contributed by atoms with Crippen LogP contribution in [-0.2, 0) is 9.53 Å². The van der Waals surface area contributed by atoms with E-state index in [0.717, 1.165) is 18.7 Å². The van der Waals surface area contributed by atoms with Crippen LogP contribution in [0.15, 0.2) is 63.5 Å². The molecule has 3 aromatic rings. The third-order valence-electron chi connectivity index (χ3n) is 6.91. The van der Waals surface area contributed by atoms with E-state index in [2.05, 4.69) is 22.0 Å². The van der Waals surface area contributed by atoms with E-state index in [1.807, 2.05) is 24.3 Å². The second-order valence-corrected chi connectivity index (χ2v) is 10.2. The summed E-state index contributed by atoms with van der Waals surface area (Å²) in [6.45, 7) is 5.88. The van der Waals surface area contributed by atoms with Gasteiger partial charge in [0.1, 0.15) is 17.5 Å². The molecule has 0 unspecified atom stereocenters. The highest BCUT2D eigenvalue weighted by atomic mass is 32.1. The van der Waals surface area contributed by atoms with Gasteiger partial charge in [0.15, 0.2) is 4.80 Å². The molecule has 5 rings (SSSR count). The molecule has 0 saturated carbocycles. The number of hydrogen-bond acceptors (Lipinski definition) is 8. The third-order valence-corrected chi connectivity index (χ3v) is 7.90. The molecular formula is C29H31N3O5S. The van der Waals surface area contributed by atoms with Crippen molar-refractivity contribution < 1.29 is 19.0 Å². The van der Waals surface area contributed by atoms with E-state index in [0.29, 0.717) is 37.7 Å². The van der Waals surface area contributed by atoms with Crippen LogP contribution in [0.2, 0.25) is 0 Å². The van der Waals surface area contributed by atoms with Crippen molar-refractivity contribution in [3.63, 3.8) is 0 Å². The molecule has 0 N–H and O–H groups in total. The zero-order valence-electron chi connectivity index (χ0n) is 22.0. The smallest absolute Gasteiger partial charge is 0.338 e. The molecule has 9 heteroatoms. The van der Waals surface area contributed by atoms with Crippen molar-refractivity contribution in [1.82, 2.24) is 4.57 Å². The molecule has 2 aliphatic heterocycles. The zero-order chi connectivity index (χ0) is 26.8. The summed E-state index contributed by atoms with van der Waals surface area (Å²) in [4.78, 5) is 34.6. The van der Waals surface area contributed by atoms with Gasteiger partial charge in [-0.3, -0.25) is 9.36 Å². The van der Waals surface area contributed by atoms with E-state index in [4.69, 9.17) is 14.2 Å². The first kappa shape index (κ1) is 25.8. The summed E-state index contributed by atoms with van der Waals surface area (Å²) >= 11 is 1.30. The van der Waals surface area contributed by atoms with Crippen LogP contribution in [0, 0.1) is 0 Å². The van der Waals surface area contributed by atoms with Crippen molar-refractivity contribution in [2.45, 2.75) is 32.7 Å². The maximum absolute atomic E-state index is 13.9. The summed E-state index contributed by atoms with van der Waals surface area (Å²) in [6, 6.07) is 12.8. The number of esters is 1. The van der Waals surface area contributed by atoms with Crippen molar-refractivity contribution in [3.8, 4) is 11.5 Å². The van der Waals surface area contributed by atoms with E-state index >= 15 is 0 Å². The Hall–Kier alpha value is -3.85. The average molecular weight is 534 g/mol. The van der Waals surface area contributed by atoms with Crippen molar-refractivity contribution >= 4 is 29.1 Å². The predicted molar refractivity (Wildman–Crippen MR) is 148 cm³/mol. The van der Waals surface area contributed by atoms with Crippen molar-refractivity contribution in [1.29, 1.82) is 0 Å². The standard InChI is InChI=1S/C29H31N3O5S/c1-5-37-28(34)25-18(2)30-29-32(26(25)22-13-12-21(35-3)17-23(22)36-4)27(33)24(38-29)16-19-8-10-20(11-9-19)31-14-6-7-15-31/h8-13,16-17,26H,5-7,14-15H2,1-4H3/b24-16+/t26-/m0/s1. The largest absolute Gasteiger partial charge is 0.497 e. The number of carbonyl (C=O) groups is 1. The molecule has 3 heterocycles. The van der Waals surface area contributed by atoms with E-state index in [-0.39, 0.29) is 12.2 Å². The Morgan fingerprint density at radius 1 is 1.11 bits per heavy atom. The minimum absolute atomic E-state index is 0.208. The first-order valence-electron chi connectivity index (χ1n) is 12.7. The van der Waals surface area contributed by atoms with Crippen LogP contribution in [0.4, 0.5) is 5.69 Å². The molecule has 1 fully saturated rings. The van der Waals surface area contributed by atoms with Gasteiger partial charge in [0, 0.05) is 30.4 Å². The summed E-state index contributed by atoms with van der Waals surface area (Å²) in [5.41, 5.74) is 3.36. The Morgan fingerprint density at radius 2 is 1.84 bits per heavy atom. The van der Waals surface area contributed by atoms with Crippen LogP contribution >= 0.6 is 11.3 Å². The molecule has 0 amide bonds. The number of aromatic nitrogens is 1. The van der Waals surface area contributed by atoms with Gasteiger partial charge >= 0.3 is 5.97 Å². The highest BCUT2D eigenvalue weighted by Gasteiger charge is 2.35. The van der Waals surface area contributed by atoms with Crippen molar-refractivity contribution in [2.24, 2.45) is 4.99 Å². The first-order chi connectivity index (χ1) is 18.4. The van der Waals surface area contributed by atoms with Crippen LogP contribution in [0.25, 0.3) is 6.08 Å². The fourth-order valence-electron chi connectivity index (χ4n) is 5.04. The predicted octanol–water partition coefficient (Wildman–Crippen LogP) is 3.42. The lowest BCUT2D eigenvalue weighted by Crippen LogP contribution is -2.40. The van der Waals surface area contributed by atoms with Gasteiger partial charge in [-0.25, -0.2) is 9.79 Å². The molecule has 2 aliphatic rings. The Morgan fingerprint density at radius 3 is 2.50 bits per heavy atom. The molecular weight excluding hydrogens is 502 g/mol. The minimum atomic E-state index is -0.758. The van der Waals surface area contributed by atoms with E-state index in [1.165, 1.54) is 29.9 Å². The number of anilines is 1. The topological polar surface area (TPSA) is 82.4 Å². The Balaban J connectivity index is 1.64. The highest BCUT2D eigenvalue weighted by molar-refractivity contribution is 7.07. The number of carbonyl (C=O) groups excluding carboxylic acids is 1. The molecule has 1 atom stereocenters. The van der Waals surface area contributed by atoms with Gasteiger partial charge in [-0.05, 0) is 62.6 Å². The third kappa shape index (κ3) is 4.74. The van der Waals surface area contributed by atoms with Crippen LogP contribution < -0.4 is 29.3 Å². The van der Waals surface area contributed by atoms with E-state index in [1.54, 1.807) is 44.8 Å². The molecule has 1 saturated heterocycles. The highest BCUT2D eigenvalue weighted by Crippen LogP contribution is 2.37. The van der Waals surface area contributed by atoms with Crippen molar-refractivity contribution in [3.05, 3.63) is 84.5 Å².